The molecule has 2 aromatic rings. The summed E-state index contributed by atoms with van der Waals surface area (Å²) in [6.07, 6.45) is 5.37. The van der Waals surface area contributed by atoms with Crippen LogP contribution in [0.25, 0.3) is 0 Å². The average Bonchev–Trinajstić information content (AvgIpc) is 2.87. The van der Waals surface area contributed by atoms with Crippen molar-refractivity contribution in [3.8, 4) is 5.75 Å². The van der Waals surface area contributed by atoms with Gasteiger partial charge in [-0.2, -0.15) is 4.31 Å². The van der Waals surface area contributed by atoms with Crippen LogP contribution in [0.4, 0.5) is 0 Å². The molecule has 2 saturated heterocycles. The van der Waals surface area contributed by atoms with Gasteiger partial charge in [0.1, 0.15) is 11.8 Å². The van der Waals surface area contributed by atoms with Crippen LogP contribution in [0.1, 0.15) is 25.0 Å². The molecule has 0 spiro atoms. The van der Waals surface area contributed by atoms with Crippen LogP contribution in [0, 0.1) is 5.92 Å². The number of carbonyl (C=O) groups excluding carboxylic acids is 1. The van der Waals surface area contributed by atoms with Gasteiger partial charge in [0.25, 0.3) is 0 Å². The number of fused-ring (bicyclic) bond motifs is 2. The molecule has 0 aliphatic carbocycles. The van der Waals surface area contributed by atoms with Crippen LogP contribution in [-0.2, 0) is 21.4 Å². The van der Waals surface area contributed by atoms with Crippen molar-refractivity contribution in [2.75, 3.05) is 13.7 Å². The molecular formula is C23H26ClN3O4S. The molecule has 1 aromatic carbocycles. The highest BCUT2D eigenvalue weighted by Gasteiger charge is 2.49. The summed E-state index contributed by atoms with van der Waals surface area (Å²) in [6.45, 7) is 4.68. The van der Waals surface area contributed by atoms with Crippen LogP contribution in [0.3, 0.4) is 0 Å². The lowest BCUT2D eigenvalue weighted by molar-refractivity contribution is -0.135. The predicted octanol–water partition coefficient (Wildman–Crippen LogP) is 3.50. The summed E-state index contributed by atoms with van der Waals surface area (Å²) in [5, 5.41) is 0.205. The molecule has 1 aromatic heterocycles. The highest BCUT2D eigenvalue weighted by Crippen LogP contribution is 2.39. The second-order valence-electron chi connectivity index (χ2n) is 8.08. The average molecular weight is 476 g/mol. The molecule has 3 atom stereocenters. The quantitative estimate of drug-likeness (QED) is 0.597. The Labute approximate surface area is 193 Å². The molecule has 0 saturated carbocycles. The number of carbonyl (C=O) groups is 1. The number of rotatable bonds is 6. The van der Waals surface area contributed by atoms with Gasteiger partial charge in [-0.1, -0.05) is 23.7 Å². The summed E-state index contributed by atoms with van der Waals surface area (Å²) >= 11 is 6.22. The van der Waals surface area contributed by atoms with Crippen molar-refractivity contribution in [2.24, 2.45) is 5.92 Å². The summed E-state index contributed by atoms with van der Waals surface area (Å²) in [4.78, 5) is 19.7. The predicted molar refractivity (Wildman–Crippen MR) is 122 cm³/mol. The lowest BCUT2D eigenvalue weighted by atomic mass is 9.90. The third kappa shape index (κ3) is 4.14. The van der Waals surface area contributed by atoms with E-state index in [4.69, 9.17) is 16.3 Å². The van der Waals surface area contributed by atoms with E-state index in [1.165, 1.54) is 29.6 Å². The van der Waals surface area contributed by atoms with Crippen LogP contribution >= 0.6 is 11.6 Å². The minimum absolute atomic E-state index is 0.0500. The number of nitrogens with zero attached hydrogens (tertiary/aromatic N) is 3. The van der Waals surface area contributed by atoms with Gasteiger partial charge in [-0.25, -0.2) is 8.42 Å². The number of pyridine rings is 1. The Morgan fingerprint density at radius 1 is 1.28 bits per heavy atom. The van der Waals surface area contributed by atoms with Crippen molar-refractivity contribution in [3.05, 3.63) is 66.0 Å². The summed E-state index contributed by atoms with van der Waals surface area (Å²) in [5.41, 5.74) is 0.761. The molecule has 4 rings (SSSR count). The number of aromatic nitrogens is 1. The Morgan fingerprint density at radius 2 is 2.09 bits per heavy atom. The summed E-state index contributed by atoms with van der Waals surface area (Å²) < 4.78 is 34.1. The summed E-state index contributed by atoms with van der Waals surface area (Å²) in [7, 11) is -2.51. The molecule has 170 valence electrons. The number of hydrogen-bond acceptors (Lipinski definition) is 5. The first-order chi connectivity index (χ1) is 15.4. The van der Waals surface area contributed by atoms with Gasteiger partial charge in [0, 0.05) is 24.7 Å². The number of sulfonamides is 1. The van der Waals surface area contributed by atoms with Gasteiger partial charge >= 0.3 is 0 Å². The fourth-order valence-electron chi connectivity index (χ4n) is 4.65. The number of ether oxygens (including phenoxy) is 1. The summed E-state index contributed by atoms with van der Waals surface area (Å²) in [5.74, 6) is -0.00685. The maximum absolute atomic E-state index is 13.8. The second-order valence-corrected chi connectivity index (χ2v) is 10.3. The zero-order chi connectivity index (χ0) is 22.9. The van der Waals surface area contributed by atoms with E-state index in [9.17, 15) is 13.2 Å². The molecule has 7 nitrogen and oxygen atoms in total. The fourth-order valence-corrected chi connectivity index (χ4v) is 6.88. The maximum atomic E-state index is 13.8. The molecular weight excluding hydrogens is 450 g/mol. The molecule has 0 radical (unpaired) electrons. The lowest BCUT2D eigenvalue weighted by Crippen LogP contribution is -2.54. The van der Waals surface area contributed by atoms with Gasteiger partial charge in [0.2, 0.25) is 15.9 Å². The Morgan fingerprint density at radius 3 is 2.75 bits per heavy atom. The zero-order valence-electron chi connectivity index (χ0n) is 17.9. The molecule has 0 N–H and O–H groups in total. The smallest absolute Gasteiger partial charge is 0.244 e. The van der Waals surface area contributed by atoms with Crippen molar-refractivity contribution < 1.29 is 17.9 Å². The second kappa shape index (κ2) is 9.21. The van der Waals surface area contributed by atoms with Crippen LogP contribution in [-0.4, -0.2) is 54.3 Å². The Kier molecular flexibility index (Phi) is 6.55. The van der Waals surface area contributed by atoms with Gasteiger partial charge < -0.3 is 9.64 Å². The Bertz CT molecular complexity index is 1110. The Hall–Kier alpha value is -2.42. The van der Waals surface area contributed by atoms with E-state index in [0.29, 0.717) is 31.7 Å². The number of hydrogen-bond donors (Lipinski definition) is 0. The standard InChI is InChI=1S/C23H26ClN3O4S/c1-3-16-14-26(15-17-7-4-5-12-25-17)23(28)21-9-6-8-20(16)27(21)32(29,30)18-10-11-22(31-2)19(24)13-18/h3-5,7,10-13,16,20-21H,1,6,8-9,14-15H2,2H3. The van der Waals surface area contributed by atoms with E-state index in [1.54, 1.807) is 17.2 Å². The molecule has 2 aliphatic heterocycles. The number of methoxy groups -OCH3 is 1. The van der Waals surface area contributed by atoms with E-state index in [0.717, 1.165) is 12.1 Å². The normalized spacial score (nSPS) is 24.1. The zero-order valence-corrected chi connectivity index (χ0v) is 19.4. The number of benzene rings is 1. The van der Waals surface area contributed by atoms with E-state index < -0.39 is 16.1 Å². The first-order valence-electron chi connectivity index (χ1n) is 10.5. The van der Waals surface area contributed by atoms with Gasteiger partial charge in [-0.3, -0.25) is 9.78 Å². The minimum atomic E-state index is -3.98. The topological polar surface area (TPSA) is 79.8 Å². The van der Waals surface area contributed by atoms with Crippen LogP contribution in [0.5, 0.6) is 5.75 Å². The van der Waals surface area contributed by atoms with Gasteiger partial charge in [0.15, 0.2) is 0 Å². The number of amides is 1. The Balaban J connectivity index is 1.74. The molecule has 2 fully saturated rings. The molecule has 2 bridgehead atoms. The molecule has 9 heteroatoms. The first kappa shape index (κ1) is 22.8. The highest BCUT2D eigenvalue weighted by atomic mass is 35.5. The third-order valence-corrected chi connectivity index (χ3v) is 8.44. The molecule has 3 unspecified atom stereocenters. The highest BCUT2D eigenvalue weighted by molar-refractivity contribution is 7.89. The molecule has 32 heavy (non-hydrogen) atoms. The van der Waals surface area contributed by atoms with Crippen LogP contribution in [0.15, 0.2) is 60.1 Å². The minimum Gasteiger partial charge on any atom is -0.495 e. The molecule has 2 aliphatic rings. The number of halogens is 1. The van der Waals surface area contributed by atoms with Crippen LogP contribution < -0.4 is 4.74 Å². The van der Waals surface area contributed by atoms with Crippen molar-refractivity contribution in [1.29, 1.82) is 0 Å². The van der Waals surface area contributed by atoms with Crippen molar-refractivity contribution in [1.82, 2.24) is 14.2 Å². The van der Waals surface area contributed by atoms with E-state index in [2.05, 4.69) is 11.6 Å². The van der Waals surface area contributed by atoms with Crippen molar-refractivity contribution >= 4 is 27.5 Å². The van der Waals surface area contributed by atoms with Gasteiger partial charge in [-0.15, -0.1) is 6.58 Å². The van der Waals surface area contributed by atoms with Gasteiger partial charge in [0.05, 0.1) is 29.3 Å². The van der Waals surface area contributed by atoms with Crippen LogP contribution in [0.2, 0.25) is 5.02 Å². The van der Waals surface area contributed by atoms with Gasteiger partial charge in [-0.05, 0) is 49.6 Å². The first-order valence-corrected chi connectivity index (χ1v) is 12.4. The van der Waals surface area contributed by atoms with E-state index in [1.807, 2.05) is 18.2 Å². The monoisotopic (exact) mass is 475 g/mol. The summed E-state index contributed by atoms with van der Waals surface area (Å²) in [6, 6.07) is 8.82. The lowest BCUT2D eigenvalue weighted by Gasteiger charge is -2.40. The number of piperidine rings is 1. The SMILES string of the molecule is C=CC1CN(Cc2ccccn2)C(=O)C2CCCC1N2S(=O)(=O)c1ccc(OC)c(Cl)c1. The van der Waals surface area contributed by atoms with Crippen molar-refractivity contribution in [3.63, 3.8) is 0 Å². The fraction of sp³-hybridized carbons (Fsp3) is 0.391. The van der Waals surface area contributed by atoms with E-state index in [-0.39, 0.29) is 27.8 Å². The largest absolute Gasteiger partial charge is 0.495 e. The third-order valence-electron chi connectivity index (χ3n) is 6.21. The maximum Gasteiger partial charge on any atom is 0.244 e. The molecule has 1 amide bonds. The molecule has 3 heterocycles. The van der Waals surface area contributed by atoms with Crippen molar-refractivity contribution in [2.45, 2.75) is 42.8 Å². The van der Waals surface area contributed by atoms with E-state index >= 15 is 0 Å².